The van der Waals surface area contributed by atoms with E-state index in [0.717, 1.165) is 37.6 Å². The Balaban J connectivity index is 2.19. The topological polar surface area (TPSA) is 34.4 Å². The van der Waals surface area contributed by atoms with Gasteiger partial charge in [-0.15, -0.1) is 0 Å². The third-order valence-corrected chi connectivity index (χ3v) is 2.25. The summed E-state index contributed by atoms with van der Waals surface area (Å²) in [5.41, 5.74) is 0. The highest BCUT2D eigenvalue weighted by Crippen LogP contribution is 2.07. The van der Waals surface area contributed by atoms with Crippen molar-refractivity contribution in [3.8, 4) is 0 Å². The first-order chi connectivity index (χ1) is 7.26. The molecule has 1 unspecified atom stereocenters. The van der Waals surface area contributed by atoms with Gasteiger partial charge in [0.2, 0.25) is 0 Å². The number of rotatable bonds is 7. The Bertz CT molecular complexity index is 270. The Morgan fingerprint density at radius 1 is 1.33 bits per heavy atom. The third-order valence-electron chi connectivity index (χ3n) is 2.25. The fraction of sp³-hybridized carbons (Fsp3) is 0.667. The van der Waals surface area contributed by atoms with Crippen LogP contribution in [-0.2, 0) is 17.7 Å². The first kappa shape index (κ1) is 12.3. The normalized spacial score (nSPS) is 13.0. The maximum absolute atomic E-state index is 5.57. The molecule has 86 valence electrons. The molecule has 0 aliphatic carbocycles. The lowest BCUT2D eigenvalue weighted by Gasteiger charge is -2.11. The SMILES string of the molecule is CCOC(C)CNCc1ccc(CC)o1. The van der Waals surface area contributed by atoms with E-state index in [-0.39, 0.29) is 6.10 Å². The van der Waals surface area contributed by atoms with Gasteiger partial charge in [0, 0.05) is 19.6 Å². The van der Waals surface area contributed by atoms with Crippen LogP contribution in [0.15, 0.2) is 16.5 Å². The van der Waals surface area contributed by atoms with E-state index in [1.165, 1.54) is 0 Å². The Labute approximate surface area is 91.8 Å². The molecule has 1 rings (SSSR count). The molecule has 1 atom stereocenters. The van der Waals surface area contributed by atoms with E-state index < -0.39 is 0 Å². The molecule has 0 aliphatic heterocycles. The molecule has 3 nitrogen and oxygen atoms in total. The van der Waals surface area contributed by atoms with Crippen molar-refractivity contribution in [2.75, 3.05) is 13.2 Å². The lowest BCUT2D eigenvalue weighted by molar-refractivity contribution is 0.0756. The average Bonchev–Trinajstić information content (AvgIpc) is 2.66. The first-order valence-corrected chi connectivity index (χ1v) is 5.66. The largest absolute Gasteiger partial charge is 0.465 e. The molecule has 1 heterocycles. The third kappa shape index (κ3) is 4.49. The molecule has 0 fully saturated rings. The Hall–Kier alpha value is -0.800. The molecule has 0 aliphatic rings. The number of hydrogen-bond donors (Lipinski definition) is 1. The smallest absolute Gasteiger partial charge is 0.117 e. The number of furan rings is 1. The monoisotopic (exact) mass is 211 g/mol. The van der Waals surface area contributed by atoms with Crippen LogP contribution in [0.3, 0.4) is 0 Å². The van der Waals surface area contributed by atoms with Crippen LogP contribution in [0.2, 0.25) is 0 Å². The predicted molar refractivity (Wildman–Crippen MR) is 60.9 cm³/mol. The van der Waals surface area contributed by atoms with Crippen molar-refractivity contribution >= 4 is 0 Å². The van der Waals surface area contributed by atoms with Gasteiger partial charge in [-0.3, -0.25) is 0 Å². The summed E-state index contributed by atoms with van der Waals surface area (Å²) in [4.78, 5) is 0. The highest BCUT2D eigenvalue weighted by molar-refractivity contribution is 5.06. The van der Waals surface area contributed by atoms with Crippen LogP contribution in [-0.4, -0.2) is 19.3 Å². The van der Waals surface area contributed by atoms with Gasteiger partial charge >= 0.3 is 0 Å². The van der Waals surface area contributed by atoms with E-state index in [1.807, 2.05) is 19.1 Å². The molecule has 1 aromatic heterocycles. The Kier molecular flexibility index (Phi) is 5.43. The van der Waals surface area contributed by atoms with Crippen molar-refractivity contribution in [1.82, 2.24) is 5.32 Å². The minimum Gasteiger partial charge on any atom is -0.465 e. The molecule has 0 bridgehead atoms. The van der Waals surface area contributed by atoms with Crippen LogP contribution in [0.25, 0.3) is 0 Å². The molecule has 0 spiro atoms. The zero-order chi connectivity index (χ0) is 11.1. The molecule has 3 heteroatoms. The van der Waals surface area contributed by atoms with Gasteiger partial charge in [0.05, 0.1) is 12.6 Å². The summed E-state index contributed by atoms with van der Waals surface area (Å²) in [6, 6.07) is 4.06. The van der Waals surface area contributed by atoms with Gasteiger partial charge in [0.25, 0.3) is 0 Å². The second kappa shape index (κ2) is 6.64. The predicted octanol–water partition coefficient (Wildman–Crippen LogP) is 2.36. The van der Waals surface area contributed by atoms with E-state index in [2.05, 4.69) is 19.2 Å². The van der Waals surface area contributed by atoms with Crippen molar-refractivity contribution in [1.29, 1.82) is 0 Å². The number of ether oxygens (including phenoxy) is 1. The number of nitrogens with one attached hydrogen (secondary N) is 1. The molecular formula is C12H21NO2. The van der Waals surface area contributed by atoms with Gasteiger partial charge in [-0.2, -0.15) is 0 Å². The molecule has 1 N–H and O–H groups in total. The van der Waals surface area contributed by atoms with Gasteiger partial charge in [-0.1, -0.05) is 6.92 Å². The lowest BCUT2D eigenvalue weighted by atomic mass is 10.3. The maximum atomic E-state index is 5.57. The lowest BCUT2D eigenvalue weighted by Crippen LogP contribution is -2.26. The van der Waals surface area contributed by atoms with Gasteiger partial charge in [0.15, 0.2) is 0 Å². The highest BCUT2D eigenvalue weighted by atomic mass is 16.5. The molecule has 0 saturated carbocycles. The second-order valence-corrected chi connectivity index (χ2v) is 3.62. The van der Waals surface area contributed by atoms with Gasteiger partial charge in [-0.05, 0) is 26.0 Å². The van der Waals surface area contributed by atoms with E-state index >= 15 is 0 Å². The molecular weight excluding hydrogens is 190 g/mol. The summed E-state index contributed by atoms with van der Waals surface area (Å²) in [6.45, 7) is 8.57. The van der Waals surface area contributed by atoms with Crippen LogP contribution in [0.5, 0.6) is 0 Å². The van der Waals surface area contributed by atoms with E-state index in [9.17, 15) is 0 Å². The molecule has 15 heavy (non-hydrogen) atoms. The van der Waals surface area contributed by atoms with Crippen LogP contribution in [0, 0.1) is 0 Å². The van der Waals surface area contributed by atoms with Crippen molar-refractivity contribution in [2.24, 2.45) is 0 Å². The van der Waals surface area contributed by atoms with Crippen molar-refractivity contribution in [2.45, 2.75) is 39.8 Å². The zero-order valence-corrected chi connectivity index (χ0v) is 9.88. The molecule has 0 aromatic carbocycles. The van der Waals surface area contributed by atoms with Crippen LogP contribution < -0.4 is 5.32 Å². The number of hydrogen-bond acceptors (Lipinski definition) is 3. The summed E-state index contributed by atoms with van der Waals surface area (Å²) in [5.74, 6) is 2.04. The van der Waals surface area contributed by atoms with Crippen LogP contribution in [0.1, 0.15) is 32.3 Å². The zero-order valence-electron chi connectivity index (χ0n) is 9.88. The summed E-state index contributed by atoms with van der Waals surface area (Å²) in [7, 11) is 0. The van der Waals surface area contributed by atoms with Crippen LogP contribution in [0.4, 0.5) is 0 Å². The quantitative estimate of drug-likeness (QED) is 0.751. The minimum absolute atomic E-state index is 0.260. The minimum atomic E-state index is 0.260. The summed E-state index contributed by atoms with van der Waals surface area (Å²) >= 11 is 0. The van der Waals surface area contributed by atoms with Gasteiger partial charge in [0.1, 0.15) is 11.5 Å². The fourth-order valence-corrected chi connectivity index (χ4v) is 1.45. The van der Waals surface area contributed by atoms with Crippen molar-refractivity contribution < 1.29 is 9.15 Å². The van der Waals surface area contributed by atoms with E-state index in [1.54, 1.807) is 0 Å². The maximum Gasteiger partial charge on any atom is 0.117 e. The Morgan fingerprint density at radius 3 is 2.67 bits per heavy atom. The summed E-state index contributed by atoms with van der Waals surface area (Å²) in [6.07, 6.45) is 1.21. The van der Waals surface area contributed by atoms with Gasteiger partial charge < -0.3 is 14.5 Å². The van der Waals surface area contributed by atoms with E-state index in [4.69, 9.17) is 9.15 Å². The fourth-order valence-electron chi connectivity index (χ4n) is 1.45. The van der Waals surface area contributed by atoms with E-state index in [0.29, 0.717) is 0 Å². The molecule has 0 saturated heterocycles. The number of aryl methyl sites for hydroxylation is 1. The molecule has 0 radical (unpaired) electrons. The summed E-state index contributed by atoms with van der Waals surface area (Å²) < 4.78 is 11.0. The first-order valence-electron chi connectivity index (χ1n) is 5.66. The standard InChI is InChI=1S/C12H21NO2/c1-4-11-6-7-12(15-11)9-13-8-10(3)14-5-2/h6-7,10,13H,4-5,8-9H2,1-3H3. The molecule has 0 amide bonds. The van der Waals surface area contributed by atoms with Crippen LogP contribution >= 0.6 is 0 Å². The second-order valence-electron chi connectivity index (χ2n) is 3.62. The average molecular weight is 211 g/mol. The molecule has 1 aromatic rings. The van der Waals surface area contributed by atoms with Crippen molar-refractivity contribution in [3.05, 3.63) is 23.7 Å². The highest BCUT2D eigenvalue weighted by Gasteiger charge is 2.02. The van der Waals surface area contributed by atoms with Gasteiger partial charge in [-0.25, -0.2) is 0 Å². The Morgan fingerprint density at radius 2 is 2.07 bits per heavy atom. The van der Waals surface area contributed by atoms with Crippen molar-refractivity contribution in [3.63, 3.8) is 0 Å². The summed E-state index contributed by atoms with van der Waals surface area (Å²) in [5, 5.41) is 3.30.